The SMILES string of the molecule is CC(=O)c1ccc(S(=O)(=O)N2CCN(Cc3cccc(Br)c3)CC2)cc1. The van der Waals surface area contributed by atoms with Crippen molar-refractivity contribution >= 4 is 31.7 Å². The highest BCUT2D eigenvalue weighted by Crippen LogP contribution is 2.20. The molecule has 26 heavy (non-hydrogen) atoms. The van der Waals surface area contributed by atoms with Crippen LogP contribution in [0.4, 0.5) is 0 Å². The van der Waals surface area contributed by atoms with Crippen LogP contribution in [0.5, 0.6) is 0 Å². The molecule has 7 heteroatoms. The number of piperazine rings is 1. The molecule has 0 radical (unpaired) electrons. The molecule has 0 aliphatic carbocycles. The first kappa shape index (κ1) is 19.2. The largest absolute Gasteiger partial charge is 0.296 e. The third kappa shape index (κ3) is 4.40. The van der Waals surface area contributed by atoms with Gasteiger partial charge in [0.1, 0.15) is 0 Å². The molecule has 1 aliphatic rings. The molecule has 1 aliphatic heterocycles. The quantitative estimate of drug-likeness (QED) is 0.675. The summed E-state index contributed by atoms with van der Waals surface area (Å²) in [6.45, 7) is 4.58. The molecule has 138 valence electrons. The maximum absolute atomic E-state index is 12.8. The molecule has 0 atom stereocenters. The van der Waals surface area contributed by atoms with Crippen LogP contribution in [0.2, 0.25) is 0 Å². The normalized spacial score (nSPS) is 16.5. The topological polar surface area (TPSA) is 57.7 Å². The molecule has 1 heterocycles. The maximum atomic E-state index is 12.8. The predicted molar refractivity (Wildman–Crippen MR) is 105 cm³/mol. The van der Waals surface area contributed by atoms with Gasteiger partial charge < -0.3 is 0 Å². The summed E-state index contributed by atoms with van der Waals surface area (Å²) in [5.41, 5.74) is 1.72. The summed E-state index contributed by atoms with van der Waals surface area (Å²) in [6, 6.07) is 14.3. The Bertz CT molecular complexity index is 889. The lowest BCUT2D eigenvalue weighted by Gasteiger charge is -2.34. The van der Waals surface area contributed by atoms with Crippen molar-refractivity contribution in [3.05, 3.63) is 64.1 Å². The van der Waals surface area contributed by atoms with Crippen molar-refractivity contribution < 1.29 is 13.2 Å². The highest BCUT2D eigenvalue weighted by molar-refractivity contribution is 9.10. The third-order valence-electron chi connectivity index (χ3n) is 4.53. The van der Waals surface area contributed by atoms with Crippen molar-refractivity contribution in [2.24, 2.45) is 0 Å². The van der Waals surface area contributed by atoms with Gasteiger partial charge in [-0.3, -0.25) is 9.69 Å². The number of rotatable bonds is 5. The standard InChI is InChI=1S/C19H21BrN2O3S/c1-15(23)17-5-7-19(8-6-17)26(24,25)22-11-9-21(10-12-22)14-16-3-2-4-18(20)13-16/h2-8,13H,9-12,14H2,1H3. The lowest BCUT2D eigenvalue weighted by Crippen LogP contribution is -2.48. The molecule has 0 N–H and O–H groups in total. The van der Waals surface area contributed by atoms with Crippen molar-refractivity contribution in [1.29, 1.82) is 0 Å². The Labute approximate surface area is 162 Å². The number of benzene rings is 2. The fourth-order valence-electron chi connectivity index (χ4n) is 3.03. The summed E-state index contributed by atoms with van der Waals surface area (Å²) in [4.78, 5) is 13.8. The summed E-state index contributed by atoms with van der Waals surface area (Å²) in [5.74, 6) is -0.0740. The van der Waals surface area contributed by atoms with Gasteiger partial charge in [-0.15, -0.1) is 0 Å². The van der Waals surface area contributed by atoms with E-state index in [9.17, 15) is 13.2 Å². The second-order valence-electron chi connectivity index (χ2n) is 6.39. The Morgan fingerprint density at radius 3 is 2.27 bits per heavy atom. The first-order valence-electron chi connectivity index (χ1n) is 8.44. The predicted octanol–water partition coefficient (Wildman–Crippen LogP) is 3.16. The van der Waals surface area contributed by atoms with E-state index in [0.29, 0.717) is 31.7 Å². The van der Waals surface area contributed by atoms with Gasteiger partial charge in [-0.2, -0.15) is 4.31 Å². The van der Waals surface area contributed by atoms with E-state index >= 15 is 0 Å². The van der Waals surface area contributed by atoms with Gasteiger partial charge in [0.2, 0.25) is 10.0 Å². The molecule has 2 aromatic carbocycles. The molecule has 3 rings (SSSR count). The van der Waals surface area contributed by atoms with E-state index in [-0.39, 0.29) is 10.7 Å². The Balaban J connectivity index is 1.64. The van der Waals surface area contributed by atoms with Gasteiger partial charge in [0.25, 0.3) is 0 Å². The number of Topliss-reactive ketones (excluding diaryl/α,β-unsaturated/α-hetero) is 1. The summed E-state index contributed by atoms with van der Waals surface area (Å²) in [6.07, 6.45) is 0. The van der Waals surface area contributed by atoms with E-state index in [1.165, 1.54) is 28.9 Å². The fourth-order valence-corrected chi connectivity index (χ4v) is 4.90. The molecular weight excluding hydrogens is 416 g/mol. The van der Waals surface area contributed by atoms with E-state index in [4.69, 9.17) is 0 Å². The van der Waals surface area contributed by atoms with Gasteiger partial charge in [-0.25, -0.2) is 8.42 Å². The zero-order valence-corrected chi connectivity index (χ0v) is 17.0. The molecule has 0 aromatic heterocycles. The maximum Gasteiger partial charge on any atom is 0.243 e. The first-order valence-corrected chi connectivity index (χ1v) is 10.7. The second-order valence-corrected chi connectivity index (χ2v) is 9.24. The highest BCUT2D eigenvalue weighted by Gasteiger charge is 2.28. The summed E-state index contributed by atoms with van der Waals surface area (Å²) in [7, 11) is -3.52. The molecule has 0 spiro atoms. The van der Waals surface area contributed by atoms with Crippen LogP contribution in [0.15, 0.2) is 57.9 Å². The number of carbonyl (C=O) groups excluding carboxylic acids is 1. The van der Waals surface area contributed by atoms with Crippen LogP contribution >= 0.6 is 15.9 Å². The molecule has 5 nitrogen and oxygen atoms in total. The number of hydrogen-bond donors (Lipinski definition) is 0. The lowest BCUT2D eigenvalue weighted by atomic mass is 10.2. The number of nitrogens with zero attached hydrogens (tertiary/aromatic N) is 2. The average Bonchev–Trinajstić information content (AvgIpc) is 2.62. The zero-order chi connectivity index (χ0) is 18.7. The van der Waals surface area contributed by atoms with Gasteiger partial charge in [-0.1, -0.05) is 40.2 Å². The number of halogens is 1. The molecule has 0 bridgehead atoms. The van der Waals surface area contributed by atoms with Crippen molar-refractivity contribution in [3.63, 3.8) is 0 Å². The van der Waals surface area contributed by atoms with E-state index < -0.39 is 10.0 Å². The van der Waals surface area contributed by atoms with Crippen LogP contribution in [-0.4, -0.2) is 49.6 Å². The summed E-state index contributed by atoms with van der Waals surface area (Å²) in [5, 5.41) is 0. The third-order valence-corrected chi connectivity index (χ3v) is 6.93. The summed E-state index contributed by atoms with van der Waals surface area (Å²) >= 11 is 3.48. The Morgan fingerprint density at radius 1 is 1.04 bits per heavy atom. The van der Waals surface area contributed by atoms with Crippen LogP contribution < -0.4 is 0 Å². The Morgan fingerprint density at radius 2 is 1.69 bits per heavy atom. The Kier molecular flexibility index (Phi) is 5.92. The zero-order valence-electron chi connectivity index (χ0n) is 14.6. The van der Waals surface area contributed by atoms with Gasteiger partial charge in [-0.05, 0) is 36.8 Å². The lowest BCUT2D eigenvalue weighted by molar-refractivity contribution is 0.101. The van der Waals surface area contributed by atoms with Crippen molar-refractivity contribution in [1.82, 2.24) is 9.21 Å². The van der Waals surface area contributed by atoms with E-state index in [1.807, 2.05) is 12.1 Å². The number of ketones is 1. The van der Waals surface area contributed by atoms with Crippen molar-refractivity contribution in [2.75, 3.05) is 26.2 Å². The molecule has 0 saturated carbocycles. The Hall–Kier alpha value is -1.54. The van der Waals surface area contributed by atoms with Crippen LogP contribution in [-0.2, 0) is 16.6 Å². The van der Waals surface area contributed by atoms with Crippen LogP contribution in [0.25, 0.3) is 0 Å². The molecule has 1 fully saturated rings. The van der Waals surface area contributed by atoms with E-state index in [2.05, 4.69) is 33.0 Å². The smallest absolute Gasteiger partial charge is 0.243 e. The fraction of sp³-hybridized carbons (Fsp3) is 0.316. The summed E-state index contributed by atoms with van der Waals surface area (Å²) < 4.78 is 28.2. The molecule has 0 unspecified atom stereocenters. The number of carbonyl (C=O) groups is 1. The minimum absolute atomic E-state index is 0.0740. The molecule has 2 aromatic rings. The van der Waals surface area contributed by atoms with Gasteiger partial charge in [0.05, 0.1) is 4.90 Å². The highest BCUT2D eigenvalue weighted by atomic mass is 79.9. The van der Waals surface area contributed by atoms with Crippen LogP contribution in [0.1, 0.15) is 22.8 Å². The monoisotopic (exact) mass is 436 g/mol. The van der Waals surface area contributed by atoms with E-state index in [1.54, 1.807) is 12.1 Å². The molecule has 0 amide bonds. The minimum Gasteiger partial charge on any atom is -0.296 e. The van der Waals surface area contributed by atoms with Gasteiger partial charge in [0.15, 0.2) is 5.78 Å². The minimum atomic E-state index is -3.52. The van der Waals surface area contributed by atoms with Crippen LogP contribution in [0.3, 0.4) is 0 Å². The molecular formula is C19H21BrN2O3S. The first-order chi connectivity index (χ1) is 12.4. The molecule has 1 saturated heterocycles. The average molecular weight is 437 g/mol. The van der Waals surface area contributed by atoms with Crippen molar-refractivity contribution in [3.8, 4) is 0 Å². The van der Waals surface area contributed by atoms with Crippen LogP contribution in [0, 0.1) is 0 Å². The van der Waals surface area contributed by atoms with Crippen molar-refractivity contribution in [2.45, 2.75) is 18.4 Å². The van der Waals surface area contributed by atoms with Gasteiger partial charge in [0, 0.05) is 42.8 Å². The van der Waals surface area contributed by atoms with Gasteiger partial charge >= 0.3 is 0 Å². The van der Waals surface area contributed by atoms with E-state index in [0.717, 1.165) is 11.0 Å². The second kappa shape index (κ2) is 8.00. The number of hydrogen-bond acceptors (Lipinski definition) is 4. The number of sulfonamides is 1.